The number of hydrogen-bond acceptors (Lipinski definition) is 5. The molecule has 1 saturated heterocycles. The molecule has 102 valence electrons. The third-order valence-electron chi connectivity index (χ3n) is 3.04. The zero-order valence-corrected chi connectivity index (χ0v) is 11.5. The van der Waals surface area contributed by atoms with Crippen LogP contribution in [-0.2, 0) is 17.8 Å². The molecule has 5 nitrogen and oxygen atoms in total. The third kappa shape index (κ3) is 3.80. The lowest BCUT2D eigenvalue weighted by molar-refractivity contribution is -0.0721. The highest BCUT2D eigenvalue weighted by Gasteiger charge is 2.23. The molecule has 2 atom stereocenters. The van der Waals surface area contributed by atoms with E-state index in [1.165, 1.54) is 0 Å². The van der Waals surface area contributed by atoms with Crippen LogP contribution < -0.4 is 5.32 Å². The van der Waals surface area contributed by atoms with Crippen molar-refractivity contribution in [1.29, 1.82) is 0 Å². The van der Waals surface area contributed by atoms with Gasteiger partial charge in [0, 0.05) is 25.7 Å². The maximum Gasteiger partial charge on any atom is 0.151 e. The molecule has 0 bridgehead atoms. The monoisotopic (exact) mass is 253 g/mol. The molecule has 2 rings (SSSR count). The summed E-state index contributed by atoms with van der Waals surface area (Å²) < 4.78 is 11.1. The lowest BCUT2D eigenvalue weighted by atomic mass is 10.2. The fourth-order valence-electron chi connectivity index (χ4n) is 2.40. The summed E-state index contributed by atoms with van der Waals surface area (Å²) in [7, 11) is 0. The van der Waals surface area contributed by atoms with Crippen molar-refractivity contribution < 1.29 is 9.26 Å². The standard InChI is InChI=1S/C13H23N3O2/c1-4-14-6-12-5-13(18-15-12)9-16-7-10(2)17-11(3)8-16/h5,10-11,14H,4,6-9H2,1-3H3. The second-order valence-electron chi connectivity index (χ2n) is 5.02. The lowest BCUT2D eigenvalue weighted by Crippen LogP contribution is -2.44. The van der Waals surface area contributed by atoms with E-state index in [-0.39, 0.29) is 12.2 Å². The number of nitrogens with zero attached hydrogens (tertiary/aromatic N) is 2. The van der Waals surface area contributed by atoms with Gasteiger partial charge in [-0.3, -0.25) is 4.90 Å². The predicted molar refractivity (Wildman–Crippen MR) is 69.2 cm³/mol. The van der Waals surface area contributed by atoms with Gasteiger partial charge in [0.05, 0.1) is 24.4 Å². The van der Waals surface area contributed by atoms with Crippen LogP contribution in [0.2, 0.25) is 0 Å². The van der Waals surface area contributed by atoms with Crippen molar-refractivity contribution in [2.45, 2.75) is 46.1 Å². The molecule has 1 aromatic rings. The summed E-state index contributed by atoms with van der Waals surface area (Å²) in [5.41, 5.74) is 0.973. The van der Waals surface area contributed by atoms with E-state index in [1.54, 1.807) is 0 Å². The number of aromatic nitrogens is 1. The van der Waals surface area contributed by atoms with Crippen LogP contribution in [0, 0.1) is 0 Å². The van der Waals surface area contributed by atoms with Crippen LogP contribution in [0.1, 0.15) is 32.2 Å². The SMILES string of the molecule is CCNCc1cc(CN2CC(C)OC(C)C2)on1. The van der Waals surface area contributed by atoms with Crippen LogP contribution >= 0.6 is 0 Å². The minimum Gasteiger partial charge on any atom is -0.373 e. The smallest absolute Gasteiger partial charge is 0.151 e. The number of nitrogens with one attached hydrogen (secondary N) is 1. The van der Waals surface area contributed by atoms with Gasteiger partial charge < -0.3 is 14.6 Å². The average Bonchev–Trinajstić information content (AvgIpc) is 2.72. The summed E-state index contributed by atoms with van der Waals surface area (Å²) in [6, 6.07) is 2.04. The highest BCUT2D eigenvalue weighted by atomic mass is 16.5. The fourth-order valence-corrected chi connectivity index (χ4v) is 2.40. The molecular formula is C13H23N3O2. The van der Waals surface area contributed by atoms with E-state index in [9.17, 15) is 0 Å². The van der Waals surface area contributed by atoms with Gasteiger partial charge in [0.25, 0.3) is 0 Å². The van der Waals surface area contributed by atoms with Crippen molar-refractivity contribution >= 4 is 0 Å². The molecule has 1 N–H and O–H groups in total. The summed E-state index contributed by atoms with van der Waals surface area (Å²) >= 11 is 0. The van der Waals surface area contributed by atoms with Gasteiger partial charge in [-0.2, -0.15) is 0 Å². The Balaban J connectivity index is 1.86. The van der Waals surface area contributed by atoms with Crippen molar-refractivity contribution in [3.63, 3.8) is 0 Å². The molecule has 0 aliphatic carbocycles. The highest BCUT2D eigenvalue weighted by Crippen LogP contribution is 2.14. The van der Waals surface area contributed by atoms with Gasteiger partial charge in [-0.25, -0.2) is 0 Å². The van der Waals surface area contributed by atoms with Gasteiger partial charge in [-0.15, -0.1) is 0 Å². The van der Waals surface area contributed by atoms with Crippen LogP contribution in [0.25, 0.3) is 0 Å². The molecule has 0 radical (unpaired) electrons. The van der Waals surface area contributed by atoms with E-state index in [4.69, 9.17) is 9.26 Å². The summed E-state index contributed by atoms with van der Waals surface area (Å²) in [6.07, 6.45) is 0.579. The number of ether oxygens (including phenoxy) is 1. The van der Waals surface area contributed by atoms with Crippen LogP contribution in [0.4, 0.5) is 0 Å². The molecule has 1 aliphatic rings. The first kappa shape index (κ1) is 13.5. The molecule has 0 spiro atoms. The maximum atomic E-state index is 5.71. The van der Waals surface area contributed by atoms with Gasteiger partial charge in [0.15, 0.2) is 5.76 Å². The van der Waals surface area contributed by atoms with E-state index in [1.807, 2.05) is 6.07 Å². The topological polar surface area (TPSA) is 50.5 Å². The van der Waals surface area contributed by atoms with Crippen molar-refractivity contribution in [3.8, 4) is 0 Å². The summed E-state index contributed by atoms with van der Waals surface area (Å²) in [4.78, 5) is 2.36. The Morgan fingerprint density at radius 2 is 2.11 bits per heavy atom. The van der Waals surface area contributed by atoms with Gasteiger partial charge >= 0.3 is 0 Å². The first-order chi connectivity index (χ1) is 8.67. The molecule has 2 heterocycles. The van der Waals surface area contributed by atoms with Gasteiger partial charge in [0.2, 0.25) is 0 Å². The molecule has 1 fully saturated rings. The molecule has 1 aromatic heterocycles. The van der Waals surface area contributed by atoms with E-state index in [0.717, 1.165) is 44.2 Å². The van der Waals surface area contributed by atoms with Crippen molar-refractivity contribution in [2.24, 2.45) is 0 Å². The zero-order valence-electron chi connectivity index (χ0n) is 11.5. The largest absolute Gasteiger partial charge is 0.373 e. The Labute approximate surface area is 108 Å². The second-order valence-corrected chi connectivity index (χ2v) is 5.02. The first-order valence-electron chi connectivity index (χ1n) is 6.70. The van der Waals surface area contributed by atoms with Gasteiger partial charge in [0.1, 0.15) is 0 Å². The highest BCUT2D eigenvalue weighted by molar-refractivity contribution is 5.05. The second kappa shape index (κ2) is 6.31. The van der Waals surface area contributed by atoms with E-state index in [0.29, 0.717) is 0 Å². The molecule has 2 unspecified atom stereocenters. The van der Waals surface area contributed by atoms with Crippen LogP contribution in [0.5, 0.6) is 0 Å². The number of hydrogen-bond donors (Lipinski definition) is 1. The fraction of sp³-hybridized carbons (Fsp3) is 0.769. The zero-order chi connectivity index (χ0) is 13.0. The van der Waals surface area contributed by atoms with Crippen molar-refractivity contribution in [1.82, 2.24) is 15.4 Å². The normalized spacial score (nSPS) is 25.5. The summed E-state index contributed by atoms with van der Waals surface area (Å²) in [5.74, 6) is 0.934. The van der Waals surface area contributed by atoms with Crippen LogP contribution in [-0.4, -0.2) is 41.9 Å². The molecular weight excluding hydrogens is 230 g/mol. The Morgan fingerprint density at radius 1 is 1.39 bits per heavy atom. The summed E-state index contributed by atoms with van der Waals surface area (Å²) in [5, 5.41) is 7.30. The van der Waals surface area contributed by atoms with Crippen LogP contribution in [0.3, 0.4) is 0 Å². The maximum absolute atomic E-state index is 5.71. The summed E-state index contributed by atoms with van der Waals surface area (Å²) in [6.45, 7) is 10.7. The molecule has 0 aromatic carbocycles. The third-order valence-corrected chi connectivity index (χ3v) is 3.04. The molecule has 18 heavy (non-hydrogen) atoms. The first-order valence-corrected chi connectivity index (χ1v) is 6.70. The van der Waals surface area contributed by atoms with Gasteiger partial charge in [-0.05, 0) is 20.4 Å². The molecule has 5 heteroatoms. The average molecular weight is 253 g/mol. The lowest BCUT2D eigenvalue weighted by Gasteiger charge is -2.34. The van der Waals surface area contributed by atoms with E-state index >= 15 is 0 Å². The van der Waals surface area contributed by atoms with Gasteiger partial charge in [-0.1, -0.05) is 12.1 Å². The van der Waals surface area contributed by atoms with Crippen molar-refractivity contribution in [3.05, 3.63) is 17.5 Å². The minimum absolute atomic E-state index is 0.290. The molecule has 0 amide bonds. The molecule has 0 saturated carbocycles. The number of morpholine rings is 1. The quantitative estimate of drug-likeness (QED) is 0.859. The Hall–Kier alpha value is -0.910. The minimum atomic E-state index is 0.290. The molecule has 1 aliphatic heterocycles. The Kier molecular flexibility index (Phi) is 4.74. The predicted octanol–water partition coefficient (Wildman–Crippen LogP) is 1.39. The van der Waals surface area contributed by atoms with Crippen LogP contribution in [0.15, 0.2) is 10.6 Å². The van der Waals surface area contributed by atoms with Crippen molar-refractivity contribution in [2.75, 3.05) is 19.6 Å². The Bertz CT molecular complexity index is 357. The van der Waals surface area contributed by atoms with E-state index in [2.05, 4.69) is 36.1 Å². The van der Waals surface area contributed by atoms with E-state index < -0.39 is 0 Å². The Morgan fingerprint density at radius 3 is 2.78 bits per heavy atom. The number of rotatable bonds is 5.